The Morgan fingerprint density at radius 2 is 1.80 bits per heavy atom. The van der Waals surface area contributed by atoms with Gasteiger partial charge in [-0.15, -0.1) is 0 Å². The second kappa shape index (κ2) is 8.10. The number of hydrogen-bond acceptors (Lipinski definition) is 4. The molecule has 2 aromatic rings. The molecule has 1 amide bonds. The Hall–Kier alpha value is -2.43. The van der Waals surface area contributed by atoms with Crippen molar-refractivity contribution >= 4 is 11.7 Å². The van der Waals surface area contributed by atoms with E-state index in [4.69, 9.17) is 0 Å². The minimum absolute atomic E-state index is 0.0670. The van der Waals surface area contributed by atoms with Crippen molar-refractivity contribution in [1.29, 1.82) is 0 Å². The smallest absolute Gasteiger partial charge is 0.270 e. The summed E-state index contributed by atoms with van der Waals surface area (Å²) in [5.41, 5.74) is 1.31. The van der Waals surface area contributed by atoms with Crippen LogP contribution in [-0.4, -0.2) is 28.0 Å². The Morgan fingerprint density at radius 1 is 1.08 bits per heavy atom. The number of benzene rings is 1. The lowest BCUT2D eigenvalue weighted by atomic mass is 9.95. The van der Waals surface area contributed by atoms with Crippen molar-refractivity contribution in [3.05, 3.63) is 42.1 Å². The van der Waals surface area contributed by atoms with Crippen molar-refractivity contribution in [3.8, 4) is 11.4 Å². The van der Waals surface area contributed by atoms with Gasteiger partial charge in [-0.25, -0.2) is 9.97 Å². The Kier molecular flexibility index (Phi) is 5.64. The van der Waals surface area contributed by atoms with E-state index in [2.05, 4.69) is 20.6 Å². The molecule has 132 valence electrons. The van der Waals surface area contributed by atoms with Crippen molar-refractivity contribution in [2.75, 3.05) is 5.32 Å². The number of carbonyl (C=O) groups excluding carboxylic acids is 1. The van der Waals surface area contributed by atoms with Gasteiger partial charge in [0.05, 0.1) is 0 Å². The summed E-state index contributed by atoms with van der Waals surface area (Å²) in [6.45, 7) is 3.89. The van der Waals surface area contributed by atoms with E-state index in [0.29, 0.717) is 17.6 Å². The van der Waals surface area contributed by atoms with Crippen molar-refractivity contribution < 1.29 is 4.79 Å². The molecular weight excluding hydrogens is 312 g/mol. The summed E-state index contributed by atoms with van der Waals surface area (Å²) < 4.78 is 0. The minimum atomic E-state index is -0.165. The zero-order valence-corrected chi connectivity index (χ0v) is 15.0. The van der Waals surface area contributed by atoms with Gasteiger partial charge < -0.3 is 10.6 Å². The molecule has 0 bridgehead atoms. The maximum atomic E-state index is 12.5. The van der Waals surface area contributed by atoms with Crippen LogP contribution >= 0.6 is 0 Å². The molecule has 1 saturated carbocycles. The van der Waals surface area contributed by atoms with Crippen LogP contribution < -0.4 is 10.6 Å². The molecule has 0 radical (unpaired) electrons. The third-order valence-electron chi connectivity index (χ3n) is 4.37. The van der Waals surface area contributed by atoms with E-state index in [-0.39, 0.29) is 11.9 Å². The first-order valence-electron chi connectivity index (χ1n) is 9.14. The Balaban J connectivity index is 1.91. The largest absolute Gasteiger partial charge is 0.367 e. The number of carbonyl (C=O) groups is 1. The first kappa shape index (κ1) is 17.4. The van der Waals surface area contributed by atoms with E-state index in [1.54, 1.807) is 6.07 Å². The summed E-state index contributed by atoms with van der Waals surface area (Å²) >= 11 is 0. The van der Waals surface area contributed by atoms with Crippen LogP contribution in [0.15, 0.2) is 36.4 Å². The molecule has 25 heavy (non-hydrogen) atoms. The number of hydrogen-bond donors (Lipinski definition) is 2. The van der Waals surface area contributed by atoms with Crippen LogP contribution in [0.2, 0.25) is 0 Å². The molecule has 1 heterocycles. The average Bonchev–Trinajstić information content (AvgIpc) is 2.62. The zero-order chi connectivity index (χ0) is 17.6. The first-order chi connectivity index (χ1) is 12.1. The average molecular weight is 338 g/mol. The molecule has 0 aliphatic heterocycles. The van der Waals surface area contributed by atoms with Crippen molar-refractivity contribution in [2.45, 2.75) is 58.0 Å². The molecule has 5 heteroatoms. The molecule has 0 unspecified atom stereocenters. The van der Waals surface area contributed by atoms with Crippen molar-refractivity contribution in [3.63, 3.8) is 0 Å². The lowest BCUT2D eigenvalue weighted by molar-refractivity contribution is 0.0938. The lowest BCUT2D eigenvalue weighted by Gasteiger charge is -2.23. The predicted molar refractivity (Wildman–Crippen MR) is 101 cm³/mol. The summed E-state index contributed by atoms with van der Waals surface area (Å²) in [6.07, 6.45) is 6.10. The normalized spacial score (nSPS) is 15.2. The molecule has 1 aromatic heterocycles. The number of amides is 1. The van der Waals surface area contributed by atoms with Gasteiger partial charge in [-0.1, -0.05) is 49.6 Å². The van der Waals surface area contributed by atoms with E-state index >= 15 is 0 Å². The maximum absolute atomic E-state index is 12.5. The fourth-order valence-electron chi connectivity index (χ4n) is 3.15. The van der Waals surface area contributed by atoms with Crippen LogP contribution in [0, 0.1) is 0 Å². The summed E-state index contributed by atoms with van der Waals surface area (Å²) in [7, 11) is 0. The Bertz CT molecular complexity index is 709. The molecule has 1 aromatic carbocycles. The Labute approximate surface area is 149 Å². The van der Waals surface area contributed by atoms with E-state index in [0.717, 1.165) is 24.2 Å². The number of nitrogens with zero attached hydrogens (tertiary/aromatic N) is 2. The van der Waals surface area contributed by atoms with Gasteiger partial charge in [0.25, 0.3) is 5.91 Å². The van der Waals surface area contributed by atoms with Gasteiger partial charge in [0, 0.05) is 23.7 Å². The molecule has 2 N–H and O–H groups in total. The van der Waals surface area contributed by atoms with Gasteiger partial charge in [-0.3, -0.25) is 4.79 Å². The van der Waals surface area contributed by atoms with Gasteiger partial charge in [-0.2, -0.15) is 0 Å². The van der Waals surface area contributed by atoms with Crippen LogP contribution in [0.4, 0.5) is 5.82 Å². The molecule has 5 nitrogen and oxygen atoms in total. The lowest BCUT2D eigenvalue weighted by Crippen LogP contribution is -2.31. The molecule has 1 fully saturated rings. The number of nitrogens with one attached hydrogen (secondary N) is 2. The molecule has 0 spiro atoms. The molecule has 3 rings (SSSR count). The number of aromatic nitrogens is 2. The molecular formula is C20H26N4O. The van der Waals surface area contributed by atoms with Crippen LogP contribution in [0.1, 0.15) is 56.4 Å². The van der Waals surface area contributed by atoms with Crippen molar-refractivity contribution in [1.82, 2.24) is 15.3 Å². The third-order valence-corrected chi connectivity index (χ3v) is 4.37. The fraction of sp³-hybridized carbons (Fsp3) is 0.450. The first-order valence-corrected chi connectivity index (χ1v) is 9.14. The zero-order valence-electron chi connectivity index (χ0n) is 15.0. The standard InChI is InChI=1S/C20H26N4O/c1-14(2)21-20(25)17-13-18(22-16-11-7-4-8-12-16)24-19(23-17)15-9-5-3-6-10-15/h3,5-6,9-10,13-14,16H,4,7-8,11-12H2,1-2H3,(H,21,25)(H,22,23,24). The second-order valence-electron chi connectivity index (χ2n) is 6.94. The highest BCUT2D eigenvalue weighted by atomic mass is 16.1. The van der Waals surface area contributed by atoms with E-state index in [9.17, 15) is 4.79 Å². The van der Waals surface area contributed by atoms with Crippen LogP contribution in [0.25, 0.3) is 11.4 Å². The Morgan fingerprint density at radius 3 is 2.48 bits per heavy atom. The summed E-state index contributed by atoms with van der Waals surface area (Å²) in [6, 6.07) is 12.0. The highest BCUT2D eigenvalue weighted by Gasteiger charge is 2.17. The molecule has 0 atom stereocenters. The summed E-state index contributed by atoms with van der Waals surface area (Å²) in [4.78, 5) is 21.6. The fourth-order valence-corrected chi connectivity index (χ4v) is 3.15. The molecule has 1 aliphatic carbocycles. The van der Waals surface area contributed by atoms with Crippen LogP contribution in [0.5, 0.6) is 0 Å². The minimum Gasteiger partial charge on any atom is -0.367 e. The van der Waals surface area contributed by atoms with Gasteiger partial charge in [-0.05, 0) is 26.7 Å². The SMILES string of the molecule is CC(C)NC(=O)c1cc(NC2CCCCC2)nc(-c2ccccc2)n1. The van der Waals surface area contributed by atoms with E-state index in [1.165, 1.54) is 19.3 Å². The van der Waals surface area contributed by atoms with E-state index < -0.39 is 0 Å². The highest BCUT2D eigenvalue weighted by Crippen LogP contribution is 2.23. The quantitative estimate of drug-likeness (QED) is 0.864. The topological polar surface area (TPSA) is 66.9 Å². The van der Waals surface area contributed by atoms with Crippen molar-refractivity contribution in [2.24, 2.45) is 0 Å². The van der Waals surface area contributed by atoms with Gasteiger partial charge >= 0.3 is 0 Å². The molecule has 1 aliphatic rings. The molecule has 0 saturated heterocycles. The summed E-state index contributed by atoms with van der Waals surface area (Å²) in [5.74, 6) is 1.14. The van der Waals surface area contributed by atoms with E-state index in [1.807, 2.05) is 44.2 Å². The highest BCUT2D eigenvalue weighted by molar-refractivity contribution is 5.93. The number of anilines is 1. The maximum Gasteiger partial charge on any atom is 0.270 e. The number of rotatable bonds is 5. The predicted octanol–water partition coefficient (Wildman–Crippen LogP) is 4.03. The van der Waals surface area contributed by atoms with Crippen LogP contribution in [-0.2, 0) is 0 Å². The third kappa shape index (κ3) is 4.78. The van der Waals surface area contributed by atoms with Gasteiger partial charge in [0.2, 0.25) is 0 Å². The van der Waals surface area contributed by atoms with Crippen LogP contribution in [0.3, 0.4) is 0 Å². The second-order valence-corrected chi connectivity index (χ2v) is 6.94. The van der Waals surface area contributed by atoms with Gasteiger partial charge in [0.1, 0.15) is 11.5 Å². The monoisotopic (exact) mass is 338 g/mol. The summed E-state index contributed by atoms with van der Waals surface area (Å²) in [5, 5.41) is 6.42. The van der Waals surface area contributed by atoms with Gasteiger partial charge in [0.15, 0.2) is 5.82 Å².